The highest BCUT2D eigenvalue weighted by molar-refractivity contribution is 6.10. The van der Waals surface area contributed by atoms with Crippen molar-refractivity contribution in [3.8, 4) is 0 Å². The Morgan fingerprint density at radius 3 is 2.56 bits per heavy atom. The molecule has 18 heavy (non-hydrogen) atoms. The lowest BCUT2D eigenvalue weighted by Gasteiger charge is -2.30. The van der Waals surface area contributed by atoms with E-state index in [1.807, 2.05) is 48.6 Å². The Kier molecular flexibility index (Phi) is 1.71. The Labute approximate surface area is 105 Å². The summed E-state index contributed by atoms with van der Waals surface area (Å²) in [5, 5.41) is 0. The molecule has 0 aromatic heterocycles. The van der Waals surface area contributed by atoms with Crippen molar-refractivity contribution in [2.45, 2.75) is 5.41 Å². The molecule has 3 aliphatic rings. The number of Topliss-reactive ketones (excluding diaryl/α,β-unsaturated/α-hetero) is 1. The van der Waals surface area contributed by atoms with Gasteiger partial charge in [0.1, 0.15) is 0 Å². The third-order valence-corrected chi connectivity index (χ3v) is 4.62. The molecule has 0 amide bonds. The maximum Gasteiger partial charge on any atom is 0.160 e. The van der Waals surface area contributed by atoms with Crippen LogP contribution in [-0.2, 0) is 15.0 Å². The van der Waals surface area contributed by atoms with Crippen molar-refractivity contribution in [1.29, 1.82) is 0 Å². The van der Waals surface area contributed by atoms with E-state index in [9.17, 15) is 9.59 Å². The van der Waals surface area contributed by atoms with Crippen LogP contribution >= 0.6 is 0 Å². The number of allylic oxidation sites excluding steroid dienone is 4. The Hall–Kier alpha value is -1.96. The highest BCUT2D eigenvalue weighted by Crippen LogP contribution is 2.57. The minimum atomic E-state index is -0.584. The van der Waals surface area contributed by atoms with Crippen LogP contribution in [0.15, 0.2) is 54.6 Å². The number of benzene rings is 1. The summed E-state index contributed by atoms with van der Waals surface area (Å²) in [5.74, 6) is -0.0304. The lowest BCUT2D eigenvalue weighted by molar-refractivity contribution is -0.125. The first-order valence-electron chi connectivity index (χ1n) is 6.26. The SMILES string of the molecule is O=C1C=C[C@H]2[C@@H]1[C@H]1C=C[C@]2(c2ccccc2)C1=O. The summed E-state index contributed by atoms with van der Waals surface area (Å²) in [6.07, 6.45) is 7.53. The Morgan fingerprint density at radius 1 is 1.00 bits per heavy atom. The van der Waals surface area contributed by atoms with Gasteiger partial charge in [0.05, 0.1) is 5.41 Å². The Morgan fingerprint density at radius 2 is 1.78 bits per heavy atom. The number of ketones is 2. The summed E-state index contributed by atoms with van der Waals surface area (Å²) < 4.78 is 0. The van der Waals surface area contributed by atoms with Crippen LogP contribution in [0.3, 0.4) is 0 Å². The minimum Gasteiger partial charge on any atom is -0.298 e. The van der Waals surface area contributed by atoms with Gasteiger partial charge in [-0.3, -0.25) is 9.59 Å². The van der Waals surface area contributed by atoms with Gasteiger partial charge in [0.25, 0.3) is 0 Å². The van der Waals surface area contributed by atoms with E-state index in [0.717, 1.165) is 5.56 Å². The van der Waals surface area contributed by atoms with E-state index in [-0.39, 0.29) is 29.3 Å². The van der Waals surface area contributed by atoms with Gasteiger partial charge in [-0.15, -0.1) is 0 Å². The van der Waals surface area contributed by atoms with Gasteiger partial charge in [-0.1, -0.05) is 48.6 Å². The zero-order valence-electron chi connectivity index (χ0n) is 9.74. The van der Waals surface area contributed by atoms with Crippen LogP contribution < -0.4 is 0 Å². The largest absolute Gasteiger partial charge is 0.298 e. The van der Waals surface area contributed by atoms with Gasteiger partial charge in [0, 0.05) is 17.8 Å². The molecule has 0 saturated heterocycles. The average molecular weight is 236 g/mol. The second kappa shape index (κ2) is 3.08. The molecule has 4 rings (SSSR count). The predicted octanol–water partition coefficient (Wildman–Crippen LogP) is 2.06. The second-order valence-electron chi connectivity index (χ2n) is 5.30. The number of carbonyl (C=O) groups is 2. The van der Waals surface area contributed by atoms with E-state index in [1.54, 1.807) is 6.08 Å². The number of carbonyl (C=O) groups excluding carboxylic acids is 2. The average Bonchev–Trinajstić information content (AvgIpc) is 3.02. The van der Waals surface area contributed by atoms with Gasteiger partial charge in [-0.05, 0) is 11.6 Å². The number of rotatable bonds is 1. The first-order valence-corrected chi connectivity index (χ1v) is 6.26. The van der Waals surface area contributed by atoms with Gasteiger partial charge in [-0.2, -0.15) is 0 Å². The summed E-state index contributed by atoms with van der Waals surface area (Å²) in [5.41, 5.74) is 0.430. The lowest BCUT2D eigenvalue weighted by atomic mass is 9.70. The summed E-state index contributed by atoms with van der Waals surface area (Å²) in [6, 6.07) is 9.83. The quantitative estimate of drug-likeness (QED) is 0.699. The molecule has 0 heterocycles. The van der Waals surface area contributed by atoms with Crippen LogP contribution in [0.1, 0.15) is 5.56 Å². The van der Waals surface area contributed by atoms with E-state index in [0.29, 0.717) is 0 Å². The molecule has 2 nitrogen and oxygen atoms in total. The van der Waals surface area contributed by atoms with Crippen molar-refractivity contribution < 1.29 is 9.59 Å². The second-order valence-corrected chi connectivity index (χ2v) is 5.30. The summed E-state index contributed by atoms with van der Waals surface area (Å²) >= 11 is 0. The molecular weight excluding hydrogens is 224 g/mol. The molecule has 0 spiro atoms. The van der Waals surface area contributed by atoms with E-state index in [4.69, 9.17) is 0 Å². The fourth-order valence-electron chi connectivity index (χ4n) is 3.85. The zero-order valence-corrected chi connectivity index (χ0v) is 9.74. The third-order valence-electron chi connectivity index (χ3n) is 4.62. The Bertz CT molecular complexity index is 611. The molecule has 0 unspecified atom stereocenters. The highest BCUT2D eigenvalue weighted by Gasteiger charge is 2.64. The first-order chi connectivity index (χ1) is 8.75. The number of hydrogen-bond acceptors (Lipinski definition) is 2. The van der Waals surface area contributed by atoms with Crippen molar-refractivity contribution in [3.05, 3.63) is 60.2 Å². The number of fused-ring (bicyclic) bond motifs is 5. The molecule has 2 heteroatoms. The molecule has 0 radical (unpaired) electrons. The van der Waals surface area contributed by atoms with Gasteiger partial charge < -0.3 is 0 Å². The minimum absolute atomic E-state index is 0.0231. The molecule has 0 N–H and O–H groups in total. The molecule has 1 aromatic carbocycles. The molecule has 88 valence electrons. The smallest absolute Gasteiger partial charge is 0.160 e. The van der Waals surface area contributed by atoms with E-state index in [1.165, 1.54) is 0 Å². The van der Waals surface area contributed by atoms with Crippen molar-refractivity contribution in [1.82, 2.24) is 0 Å². The molecule has 2 bridgehead atoms. The number of hydrogen-bond donors (Lipinski definition) is 0. The molecule has 1 fully saturated rings. The molecule has 3 aliphatic carbocycles. The molecule has 1 saturated carbocycles. The third kappa shape index (κ3) is 0.916. The fraction of sp³-hybridized carbons (Fsp3) is 0.250. The van der Waals surface area contributed by atoms with Crippen LogP contribution in [0, 0.1) is 17.8 Å². The standard InChI is InChI=1S/C16H12O2/c17-13-7-6-12-14(13)11-8-9-16(12,15(11)18)10-4-2-1-3-5-10/h1-9,11-12,14H/t11-,12+,14+,16-/m1/s1. The van der Waals surface area contributed by atoms with Crippen LogP contribution in [0.5, 0.6) is 0 Å². The van der Waals surface area contributed by atoms with Gasteiger partial charge in [0.2, 0.25) is 0 Å². The molecule has 4 atom stereocenters. The Balaban J connectivity index is 1.95. The van der Waals surface area contributed by atoms with Crippen molar-refractivity contribution in [3.63, 3.8) is 0 Å². The lowest BCUT2D eigenvalue weighted by Crippen LogP contribution is -2.34. The van der Waals surface area contributed by atoms with E-state index in [2.05, 4.69) is 0 Å². The van der Waals surface area contributed by atoms with Crippen molar-refractivity contribution in [2.75, 3.05) is 0 Å². The topological polar surface area (TPSA) is 34.1 Å². The summed E-state index contributed by atoms with van der Waals surface area (Å²) in [6.45, 7) is 0. The maximum atomic E-state index is 12.6. The van der Waals surface area contributed by atoms with E-state index < -0.39 is 5.41 Å². The van der Waals surface area contributed by atoms with Gasteiger partial charge in [0.15, 0.2) is 11.6 Å². The zero-order chi connectivity index (χ0) is 12.3. The predicted molar refractivity (Wildman–Crippen MR) is 66.9 cm³/mol. The van der Waals surface area contributed by atoms with Gasteiger partial charge in [-0.25, -0.2) is 0 Å². The maximum absolute atomic E-state index is 12.6. The summed E-state index contributed by atoms with van der Waals surface area (Å²) in [7, 11) is 0. The van der Waals surface area contributed by atoms with Crippen LogP contribution in [0.2, 0.25) is 0 Å². The van der Waals surface area contributed by atoms with Crippen molar-refractivity contribution >= 4 is 11.6 Å². The summed E-state index contributed by atoms with van der Waals surface area (Å²) in [4.78, 5) is 24.5. The molecule has 1 aromatic rings. The van der Waals surface area contributed by atoms with E-state index >= 15 is 0 Å². The molecule has 0 aliphatic heterocycles. The van der Waals surface area contributed by atoms with Crippen LogP contribution in [0.25, 0.3) is 0 Å². The van der Waals surface area contributed by atoms with Crippen LogP contribution in [0.4, 0.5) is 0 Å². The molecular formula is C16H12O2. The monoisotopic (exact) mass is 236 g/mol. The highest BCUT2D eigenvalue weighted by atomic mass is 16.1. The first kappa shape index (κ1) is 10.0. The normalized spacial score (nSPS) is 39.7. The van der Waals surface area contributed by atoms with Crippen molar-refractivity contribution in [2.24, 2.45) is 17.8 Å². The van der Waals surface area contributed by atoms with Gasteiger partial charge >= 0.3 is 0 Å². The van der Waals surface area contributed by atoms with Crippen LogP contribution in [-0.4, -0.2) is 11.6 Å². The fourth-order valence-corrected chi connectivity index (χ4v) is 3.85.